The van der Waals surface area contributed by atoms with Crippen LogP contribution >= 0.6 is 24.8 Å². The highest BCUT2D eigenvalue weighted by molar-refractivity contribution is 5.95. The largest absolute Gasteiger partial charge is 0.351 e. The number of carbonyl (C=O) groups excluding carboxylic acids is 1. The molecule has 0 bridgehead atoms. The molecule has 3 heterocycles. The number of aromatic nitrogens is 2. The van der Waals surface area contributed by atoms with Crippen molar-refractivity contribution in [3.05, 3.63) is 53.1 Å². The third-order valence-corrected chi connectivity index (χ3v) is 4.79. The summed E-state index contributed by atoms with van der Waals surface area (Å²) in [4.78, 5) is 19.3. The first-order valence-electron chi connectivity index (χ1n) is 8.93. The van der Waals surface area contributed by atoms with E-state index in [0.29, 0.717) is 13.1 Å². The molecule has 1 amide bonds. The molecule has 0 aromatic carbocycles. The van der Waals surface area contributed by atoms with Gasteiger partial charge >= 0.3 is 0 Å². The quantitative estimate of drug-likeness (QED) is 0.760. The molecule has 2 aromatic heterocycles. The summed E-state index contributed by atoms with van der Waals surface area (Å²) < 4.78 is 2.15. The second-order valence-corrected chi connectivity index (χ2v) is 6.54. The highest BCUT2D eigenvalue weighted by Crippen LogP contribution is 2.16. The number of pyridine rings is 1. The van der Waals surface area contributed by atoms with E-state index in [2.05, 4.69) is 25.1 Å². The van der Waals surface area contributed by atoms with Gasteiger partial charge in [-0.2, -0.15) is 0 Å². The van der Waals surface area contributed by atoms with Gasteiger partial charge in [0.15, 0.2) is 0 Å². The van der Waals surface area contributed by atoms with Crippen LogP contribution in [-0.4, -0.2) is 59.6 Å². The third kappa shape index (κ3) is 6.21. The summed E-state index contributed by atoms with van der Waals surface area (Å²) in [6.45, 7) is 10.5. The number of hydrogen-bond acceptors (Lipinski definition) is 4. The van der Waals surface area contributed by atoms with Gasteiger partial charge in [0.2, 0.25) is 0 Å². The third-order valence-electron chi connectivity index (χ3n) is 4.79. The maximum Gasteiger partial charge on any atom is 0.253 e. The van der Waals surface area contributed by atoms with E-state index in [1.807, 2.05) is 38.1 Å². The molecule has 1 aliphatic heterocycles. The molecule has 0 saturated carbocycles. The van der Waals surface area contributed by atoms with Crippen molar-refractivity contribution in [2.75, 3.05) is 39.3 Å². The van der Waals surface area contributed by atoms with Crippen LogP contribution in [0, 0.1) is 13.8 Å². The van der Waals surface area contributed by atoms with Gasteiger partial charge in [-0.15, -0.1) is 24.8 Å². The second kappa shape index (κ2) is 11.3. The van der Waals surface area contributed by atoms with E-state index in [4.69, 9.17) is 0 Å². The van der Waals surface area contributed by atoms with Crippen LogP contribution in [0.25, 0.3) is 0 Å². The molecule has 0 unspecified atom stereocenters. The molecule has 1 saturated heterocycles. The number of halogens is 2. The lowest BCUT2D eigenvalue weighted by Crippen LogP contribution is -2.46. The summed E-state index contributed by atoms with van der Waals surface area (Å²) >= 11 is 0. The molecular formula is C19H29Cl2N5O. The van der Waals surface area contributed by atoms with Gasteiger partial charge in [-0.3, -0.25) is 14.7 Å². The molecule has 2 N–H and O–H groups in total. The average Bonchev–Trinajstić information content (AvgIpc) is 2.92. The summed E-state index contributed by atoms with van der Waals surface area (Å²) in [5.74, 6) is 0.00973. The molecule has 0 spiro atoms. The topological polar surface area (TPSA) is 62.2 Å². The van der Waals surface area contributed by atoms with E-state index in [1.54, 1.807) is 6.20 Å². The molecule has 6 nitrogen and oxygen atoms in total. The zero-order valence-corrected chi connectivity index (χ0v) is 17.5. The summed E-state index contributed by atoms with van der Waals surface area (Å²) in [5.41, 5.74) is 3.82. The van der Waals surface area contributed by atoms with Crippen molar-refractivity contribution in [3.8, 4) is 0 Å². The Kier molecular flexibility index (Phi) is 9.80. The van der Waals surface area contributed by atoms with Crippen LogP contribution in [0.2, 0.25) is 0 Å². The number of amides is 1. The van der Waals surface area contributed by atoms with Gasteiger partial charge in [-0.1, -0.05) is 6.07 Å². The Bertz CT molecular complexity index is 714. The number of nitrogens with zero attached hydrogens (tertiary/aromatic N) is 3. The van der Waals surface area contributed by atoms with Gasteiger partial charge < -0.3 is 15.2 Å². The van der Waals surface area contributed by atoms with Crippen molar-refractivity contribution in [2.24, 2.45) is 0 Å². The number of rotatable bonds is 6. The molecular weight excluding hydrogens is 385 g/mol. The zero-order chi connectivity index (χ0) is 17.6. The Morgan fingerprint density at radius 1 is 1.22 bits per heavy atom. The van der Waals surface area contributed by atoms with Crippen molar-refractivity contribution in [1.29, 1.82) is 0 Å². The highest BCUT2D eigenvalue weighted by atomic mass is 35.5. The smallest absolute Gasteiger partial charge is 0.253 e. The van der Waals surface area contributed by atoms with Gasteiger partial charge in [-0.25, -0.2) is 0 Å². The first-order valence-corrected chi connectivity index (χ1v) is 8.93. The molecule has 8 heteroatoms. The maximum atomic E-state index is 12.6. The lowest BCUT2D eigenvalue weighted by molar-refractivity contribution is 0.0946. The molecule has 2 aromatic rings. The minimum absolute atomic E-state index is 0. The Morgan fingerprint density at radius 2 is 1.96 bits per heavy atom. The van der Waals surface area contributed by atoms with Gasteiger partial charge in [-0.05, 0) is 32.0 Å². The molecule has 3 rings (SSSR count). The lowest BCUT2D eigenvalue weighted by Gasteiger charge is -2.27. The van der Waals surface area contributed by atoms with Gasteiger partial charge in [0, 0.05) is 56.9 Å². The summed E-state index contributed by atoms with van der Waals surface area (Å²) in [6.07, 6.45) is 1.80. The van der Waals surface area contributed by atoms with Crippen molar-refractivity contribution >= 4 is 30.7 Å². The highest BCUT2D eigenvalue weighted by Gasteiger charge is 2.16. The number of piperazine rings is 1. The minimum Gasteiger partial charge on any atom is -0.351 e. The number of nitrogens with one attached hydrogen (secondary N) is 2. The Hall–Kier alpha value is -1.60. The normalized spacial score (nSPS) is 14.1. The van der Waals surface area contributed by atoms with Crippen molar-refractivity contribution in [2.45, 2.75) is 20.4 Å². The molecule has 0 radical (unpaired) electrons. The fourth-order valence-electron chi connectivity index (χ4n) is 3.29. The van der Waals surface area contributed by atoms with Crippen LogP contribution in [-0.2, 0) is 6.54 Å². The van der Waals surface area contributed by atoms with Gasteiger partial charge in [0.05, 0.1) is 17.8 Å². The van der Waals surface area contributed by atoms with E-state index < -0.39 is 0 Å². The number of aryl methyl sites for hydroxylation is 1. The van der Waals surface area contributed by atoms with E-state index >= 15 is 0 Å². The van der Waals surface area contributed by atoms with Crippen LogP contribution in [0.5, 0.6) is 0 Å². The predicted octanol–water partition coefficient (Wildman–Crippen LogP) is 2.03. The maximum absolute atomic E-state index is 12.6. The summed E-state index contributed by atoms with van der Waals surface area (Å²) in [6, 6.07) is 7.88. The Labute approximate surface area is 173 Å². The SMILES string of the molecule is Cc1cc(C(=O)NCCN2CCNCC2)c(C)n1Cc1ccccn1.Cl.Cl. The van der Waals surface area contributed by atoms with Crippen LogP contribution < -0.4 is 10.6 Å². The van der Waals surface area contributed by atoms with Crippen molar-refractivity contribution in [1.82, 2.24) is 25.1 Å². The molecule has 150 valence electrons. The average molecular weight is 414 g/mol. The first kappa shape index (κ1) is 23.4. The molecule has 1 aliphatic rings. The van der Waals surface area contributed by atoms with Gasteiger partial charge in [0.1, 0.15) is 0 Å². The molecule has 27 heavy (non-hydrogen) atoms. The Morgan fingerprint density at radius 3 is 2.63 bits per heavy atom. The minimum atomic E-state index is 0. The first-order chi connectivity index (χ1) is 12.1. The summed E-state index contributed by atoms with van der Waals surface area (Å²) in [7, 11) is 0. The molecule has 0 aliphatic carbocycles. The standard InChI is InChI=1S/C19H27N5O.2ClH/c1-15-13-18(16(2)24(15)14-17-5-3-4-6-21-17)19(25)22-9-12-23-10-7-20-8-11-23;;/h3-6,13,20H,7-12,14H2,1-2H3,(H,22,25);2*1H. The second-order valence-electron chi connectivity index (χ2n) is 6.54. The van der Waals surface area contributed by atoms with Crippen molar-refractivity contribution in [3.63, 3.8) is 0 Å². The van der Waals surface area contributed by atoms with Crippen molar-refractivity contribution < 1.29 is 4.79 Å². The lowest BCUT2D eigenvalue weighted by atomic mass is 10.2. The molecule has 0 atom stereocenters. The van der Waals surface area contributed by atoms with Crippen LogP contribution in [0.4, 0.5) is 0 Å². The van der Waals surface area contributed by atoms with Crippen LogP contribution in [0.3, 0.4) is 0 Å². The van der Waals surface area contributed by atoms with E-state index in [9.17, 15) is 4.79 Å². The zero-order valence-electron chi connectivity index (χ0n) is 15.9. The van der Waals surface area contributed by atoms with E-state index in [0.717, 1.165) is 55.4 Å². The number of hydrogen-bond donors (Lipinski definition) is 2. The van der Waals surface area contributed by atoms with Crippen LogP contribution in [0.1, 0.15) is 27.4 Å². The Balaban J connectivity index is 0.00000182. The van der Waals surface area contributed by atoms with E-state index in [1.165, 1.54) is 0 Å². The monoisotopic (exact) mass is 413 g/mol. The van der Waals surface area contributed by atoms with Crippen LogP contribution in [0.15, 0.2) is 30.5 Å². The predicted molar refractivity (Wildman–Crippen MR) is 113 cm³/mol. The summed E-state index contributed by atoms with van der Waals surface area (Å²) in [5, 5.41) is 6.40. The molecule has 1 fully saturated rings. The van der Waals surface area contributed by atoms with E-state index in [-0.39, 0.29) is 30.7 Å². The van der Waals surface area contributed by atoms with Gasteiger partial charge in [0.25, 0.3) is 5.91 Å². The fraction of sp³-hybridized carbons (Fsp3) is 0.474. The fourth-order valence-corrected chi connectivity index (χ4v) is 3.29. The number of carbonyl (C=O) groups is 1.